The first-order chi connectivity index (χ1) is 7.61. The molecule has 0 aromatic heterocycles. The molecule has 2 nitrogen and oxygen atoms in total. The molecule has 0 aliphatic rings. The molecule has 0 fully saturated rings. The van der Waals surface area contributed by atoms with Crippen LogP contribution in [0, 0.1) is 13.8 Å². The van der Waals surface area contributed by atoms with E-state index in [1.165, 1.54) is 0 Å². The highest BCUT2D eigenvalue weighted by atomic mass is 35.5. The molecular formula is C14H18Cl2N2. The smallest absolute Gasteiger partial charge is 0.0424 e. The number of nitrogens with two attached hydrogens (primary N) is 2. The van der Waals surface area contributed by atoms with Crippen LogP contribution in [0.1, 0.15) is 11.1 Å². The van der Waals surface area contributed by atoms with Crippen LogP contribution in [0.3, 0.4) is 0 Å². The maximum atomic E-state index is 6.08. The van der Waals surface area contributed by atoms with Crippen LogP contribution < -0.4 is 11.5 Å². The van der Waals surface area contributed by atoms with Crippen LogP contribution in [0.2, 0.25) is 0 Å². The van der Waals surface area contributed by atoms with Crippen molar-refractivity contribution in [2.24, 2.45) is 0 Å². The third kappa shape index (κ3) is 2.89. The van der Waals surface area contributed by atoms with Crippen LogP contribution in [-0.4, -0.2) is 0 Å². The molecule has 0 spiro atoms. The lowest BCUT2D eigenvalue weighted by Gasteiger charge is -2.12. The number of hydrogen-bond acceptors (Lipinski definition) is 2. The summed E-state index contributed by atoms with van der Waals surface area (Å²) in [7, 11) is 0. The average molecular weight is 285 g/mol. The molecule has 18 heavy (non-hydrogen) atoms. The Balaban J connectivity index is 0.00000144. The Kier molecular flexibility index (Phi) is 6.02. The van der Waals surface area contributed by atoms with Crippen LogP contribution in [0.25, 0.3) is 11.1 Å². The Morgan fingerprint density at radius 1 is 0.667 bits per heavy atom. The van der Waals surface area contributed by atoms with E-state index in [4.69, 9.17) is 11.5 Å². The van der Waals surface area contributed by atoms with Crippen LogP contribution in [0.5, 0.6) is 0 Å². The number of aryl methyl sites for hydroxylation is 2. The summed E-state index contributed by atoms with van der Waals surface area (Å²) in [6.07, 6.45) is 0. The highest BCUT2D eigenvalue weighted by molar-refractivity contribution is 5.86. The number of hydrogen-bond donors (Lipinski definition) is 2. The second kappa shape index (κ2) is 6.53. The summed E-state index contributed by atoms with van der Waals surface area (Å²) in [6, 6.07) is 12.0. The molecule has 2 aromatic carbocycles. The summed E-state index contributed by atoms with van der Waals surface area (Å²) in [6.45, 7) is 4.01. The quantitative estimate of drug-likeness (QED) is 0.779. The molecule has 0 aliphatic carbocycles. The Labute approximate surface area is 120 Å². The van der Waals surface area contributed by atoms with E-state index >= 15 is 0 Å². The number of nitrogen functional groups attached to an aromatic ring is 2. The summed E-state index contributed by atoms with van der Waals surface area (Å²) >= 11 is 0. The molecule has 98 valence electrons. The maximum absolute atomic E-state index is 6.08. The minimum atomic E-state index is 0. The third-order valence-electron chi connectivity index (χ3n) is 2.94. The molecule has 4 N–H and O–H groups in total. The van der Waals surface area contributed by atoms with Crippen molar-refractivity contribution >= 4 is 36.2 Å². The first-order valence-corrected chi connectivity index (χ1v) is 5.32. The van der Waals surface area contributed by atoms with Gasteiger partial charge in [0.25, 0.3) is 0 Å². The average Bonchev–Trinajstić information content (AvgIpc) is 2.27. The summed E-state index contributed by atoms with van der Waals surface area (Å²) in [5, 5.41) is 0. The van der Waals surface area contributed by atoms with Gasteiger partial charge in [-0.2, -0.15) is 0 Å². The maximum Gasteiger partial charge on any atom is 0.0424 e. The van der Waals surface area contributed by atoms with E-state index in [1.807, 2.05) is 50.2 Å². The van der Waals surface area contributed by atoms with Gasteiger partial charge in [-0.1, -0.05) is 36.4 Å². The van der Waals surface area contributed by atoms with E-state index in [1.54, 1.807) is 0 Å². The standard InChI is InChI=1S/C14H16N2.2ClH/c1-9-5-3-7-11(13(9)15)12-8-4-6-10(2)14(12)16;;/h3-8H,15-16H2,1-2H3;2*1H. The number of para-hydroxylation sites is 2. The molecule has 2 rings (SSSR count). The predicted octanol–water partition coefficient (Wildman–Crippen LogP) is 3.98. The Morgan fingerprint density at radius 3 is 1.33 bits per heavy atom. The molecule has 0 unspecified atom stereocenters. The van der Waals surface area contributed by atoms with Crippen molar-refractivity contribution in [2.45, 2.75) is 13.8 Å². The fraction of sp³-hybridized carbons (Fsp3) is 0.143. The van der Waals surface area contributed by atoms with E-state index in [2.05, 4.69) is 0 Å². The summed E-state index contributed by atoms with van der Waals surface area (Å²) in [5.74, 6) is 0. The number of benzene rings is 2. The SMILES string of the molecule is Cc1cccc(-c2cccc(C)c2N)c1N.Cl.Cl. The zero-order chi connectivity index (χ0) is 11.7. The number of rotatable bonds is 1. The Hall–Kier alpha value is -1.38. The molecule has 0 radical (unpaired) electrons. The van der Waals surface area contributed by atoms with Gasteiger partial charge in [0, 0.05) is 22.5 Å². The van der Waals surface area contributed by atoms with E-state index in [-0.39, 0.29) is 24.8 Å². The largest absolute Gasteiger partial charge is 0.398 e. The van der Waals surface area contributed by atoms with Crippen molar-refractivity contribution in [3.63, 3.8) is 0 Å². The predicted molar refractivity (Wildman–Crippen MR) is 84.7 cm³/mol. The van der Waals surface area contributed by atoms with E-state index in [9.17, 15) is 0 Å². The van der Waals surface area contributed by atoms with Crippen molar-refractivity contribution in [1.82, 2.24) is 0 Å². The van der Waals surface area contributed by atoms with Gasteiger partial charge in [0.05, 0.1) is 0 Å². The summed E-state index contributed by atoms with van der Waals surface area (Å²) < 4.78 is 0. The van der Waals surface area contributed by atoms with Gasteiger partial charge in [-0.25, -0.2) is 0 Å². The molecule has 0 aliphatic heterocycles. The van der Waals surface area contributed by atoms with Gasteiger partial charge in [0.15, 0.2) is 0 Å². The molecule has 2 aromatic rings. The Morgan fingerprint density at radius 2 is 1.00 bits per heavy atom. The summed E-state index contributed by atoms with van der Waals surface area (Å²) in [4.78, 5) is 0. The van der Waals surface area contributed by atoms with Gasteiger partial charge in [0.2, 0.25) is 0 Å². The minimum Gasteiger partial charge on any atom is -0.398 e. The van der Waals surface area contributed by atoms with Crippen LogP contribution in [0.4, 0.5) is 11.4 Å². The van der Waals surface area contributed by atoms with Gasteiger partial charge in [0.1, 0.15) is 0 Å². The zero-order valence-electron chi connectivity index (χ0n) is 10.4. The molecule has 0 heterocycles. The van der Waals surface area contributed by atoms with Crippen molar-refractivity contribution in [3.8, 4) is 11.1 Å². The first-order valence-electron chi connectivity index (χ1n) is 5.32. The van der Waals surface area contributed by atoms with Crippen molar-refractivity contribution < 1.29 is 0 Å². The second-order valence-electron chi connectivity index (χ2n) is 4.07. The van der Waals surface area contributed by atoms with Crippen LogP contribution >= 0.6 is 24.8 Å². The Bertz CT molecular complexity index is 490. The van der Waals surface area contributed by atoms with Gasteiger partial charge in [-0.3, -0.25) is 0 Å². The molecule has 0 amide bonds. The fourth-order valence-corrected chi connectivity index (χ4v) is 1.83. The molecular weight excluding hydrogens is 267 g/mol. The highest BCUT2D eigenvalue weighted by Crippen LogP contribution is 2.33. The van der Waals surface area contributed by atoms with Gasteiger partial charge in [-0.15, -0.1) is 24.8 Å². The highest BCUT2D eigenvalue weighted by Gasteiger charge is 2.08. The van der Waals surface area contributed by atoms with Gasteiger partial charge >= 0.3 is 0 Å². The van der Waals surface area contributed by atoms with Gasteiger partial charge in [-0.05, 0) is 25.0 Å². The summed E-state index contributed by atoms with van der Waals surface area (Å²) in [5.41, 5.74) is 18.0. The molecule has 0 saturated heterocycles. The lowest BCUT2D eigenvalue weighted by molar-refractivity contribution is 1.44. The van der Waals surface area contributed by atoms with E-state index in [0.29, 0.717) is 0 Å². The molecule has 0 atom stereocenters. The van der Waals surface area contributed by atoms with Gasteiger partial charge < -0.3 is 11.5 Å². The van der Waals surface area contributed by atoms with Crippen LogP contribution in [-0.2, 0) is 0 Å². The molecule has 0 saturated carbocycles. The number of anilines is 2. The fourth-order valence-electron chi connectivity index (χ4n) is 1.83. The normalized spacial score (nSPS) is 9.22. The monoisotopic (exact) mass is 284 g/mol. The van der Waals surface area contributed by atoms with E-state index in [0.717, 1.165) is 33.6 Å². The van der Waals surface area contributed by atoms with Crippen LogP contribution in [0.15, 0.2) is 36.4 Å². The van der Waals surface area contributed by atoms with E-state index < -0.39 is 0 Å². The lowest BCUT2D eigenvalue weighted by atomic mass is 9.97. The number of halogens is 2. The van der Waals surface area contributed by atoms with Crippen molar-refractivity contribution in [3.05, 3.63) is 47.5 Å². The van der Waals surface area contributed by atoms with Crippen molar-refractivity contribution in [1.29, 1.82) is 0 Å². The lowest BCUT2D eigenvalue weighted by Crippen LogP contribution is -1.97. The molecule has 0 bridgehead atoms. The van der Waals surface area contributed by atoms with Crippen molar-refractivity contribution in [2.75, 3.05) is 11.5 Å². The second-order valence-corrected chi connectivity index (χ2v) is 4.07. The minimum absolute atomic E-state index is 0. The topological polar surface area (TPSA) is 52.0 Å². The zero-order valence-corrected chi connectivity index (χ0v) is 12.1. The third-order valence-corrected chi connectivity index (χ3v) is 2.94. The first kappa shape index (κ1) is 16.6. The molecule has 4 heteroatoms.